The summed E-state index contributed by atoms with van der Waals surface area (Å²) in [5.41, 5.74) is 17.4. The maximum atomic E-state index is 12.4. The molecule has 0 fully saturated rings. The Labute approximate surface area is 141 Å². The van der Waals surface area contributed by atoms with Crippen molar-refractivity contribution < 1.29 is 14.7 Å². The van der Waals surface area contributed by atoms with Crippen molar-refractivity contribution in [2.24, 2.45) is 22.2 Å². The largest absolute Gasteiger partial charge is 0.480 e. The van der Waals surface area contributed by atoms with Crippen LogP contribution >= 0.6 is 0 Å². The van der Waals surface area contributed by atoms with E-state index in [9.17, 15) is 9.59 Å². The topological polar surface area (TPSA) is 148 Å². The molecular weight excluding hydrogens is 310 g/mol. The Morgan fingerprint density at radius 3 is 2.46 bits per heavy atom. The van der Waals surface area contributed by atoms with Crippen molar-refractivity contribution in [1.82, 2.24) is 4.90 Å². The Hall–Kier alpha value is -2.61. The summed E-state index contributed by atoms with van der Waals surface area (Å²) in [6.07, 6.45) is 1.50. The van der Waals surface area contributed by atoms with Gasteiger partial charge < -0.3 is 27.2 Å². The van der Waals surface area contributed by atoms with Crippen LogP contribution in [-0.4, -0.2) is 53.5 Å². The molecule has 0 aliphatic carbocycles. The van der Waals surface area contributed by atoms with Crippen molar-refractivity contribution in [3.63, 3.8) is 0 Å². The third-order valence-electron chi connectivity index (χ3n) is 3.44. The second-order valence-electron chi connectivity index (χ2n) is 5.44. The monoisotopic (exact) mass is 335 g/mol. The van der Waals surface area contributed by atoms with Gasteiger partial charge in [-0.15, -0.1) is 0 Å². The molecule has 1 amide bonds. The van der Waals surface area contributed by atoms with E-state index in [4.69, 9.17) is 22.3 Å². The normalized spacial score (nSPS) is 11.5. The van der Waals surface area contributed by atoms with Crippen molar-refractivity contribution in [2.75, 3.05) is 19.6 Å². The van der Waals surface area contributed by atoms with Crippen LogP contribution in [0.1, 0.15) is 18.4 Å². The highest BCUT2D eigenvalue weighted by Gasteiger charge is 2.22. The molecule has 0 saturated heterocycles. The van der Waals surface area contributed by atoms with Gasteiger partial charge in [0, 0.05) is 13.1 Å². The number of hydrogen-bond donors (Lipinski definition) is 4. The number of carbonyl (C=O) groups excluding carboxylic acids is 1. The molecule has 1 aromatic rings. The zero-order valence-corrected chi connectivity index (χ0v) is 13.6. The van der Waals surface area contributed by atoms with Gasteiger partial charge in [-0.3, -0.25) is 14.6 Å². The molecule has 7 N–H and O–H groups in total. The number of hydrogen-bond acceptors (Lipinski definition) is 4. The van der Waals surface area contributed by atoms with E-state index in [-0.39, 0.29) is 18.4 Å². The van der Waals surface area contributed by atoms with Crippen molar-refractivity contribution in [3.8, 4) is 0 Å². The van der Waals surface area contributed by atoms with Crippen LogP contribution < -0.4 is 17.2 Å². The number of amides is 1. The molecule has 0 aromatic heterocycles. The van der Waals surface area contributed by atoms with E-state index in [1.54, 1.807) is 0 Å². The first kappa shape index (κ1) is 19.4. The summed E-state index contributed by atoms with van der Waals surface area (Å²) in [6.45, 7) is 0.316. The van der Waals surface area contributed by atoms with Crippen LogP contribution in [0.5, 0.6) is 0 Å². The van der Waals surface area contributed by atoms with E-state index in [1.165, 1.54) is 4.90 Å². The highest BCUT2D eigenvalue weighted by Crippen LogP contribution is 2.05. The minimum absolute atomic E-state index is 0.00902. The van der Waals surface area contributed by atoms with Gasteiger partial charge in [0.05, 0.1) is 6.04 Å². The molecule has 0 aliphatic rings. The predicted octanol–water partition coefficient (Wildman–Crippen LogP) is -0.477. The summed E-state index contributed by atoms with van der Waals surface area (Å²) in [6, 6.07) is 8.78. The number of benzene rings is 1. The Bertz CT molecular complexity index is 558. The summed E-state index contributed by atoms with van der Waals surface area (Å²) >= 11 is 0. The quantitative estimate of drug-likeness (QED) is 0.258. The Morgan fingerprint density at radius 1 is 1.21 bits per heavy atom. The van der Waals surface area contributed by atoms with E-state index >= 15 is 0 Å². The van der Waals surface area contributed by atoms with Crippen molar-refractivity contribution >= 4 is 17.8 Å². The lowest BCUT2D eigenvalue weighted by molar-refractivity contribution is -0.145. The molecule has 132 valence electrons. The van der Waals surface area contributed by atoms with E-state index in [0.717, 1.165) is 5.56 Å². The summed E-state index contributed by atoms with van der Waals surface area (Å²) in [5, 5.41) is 9.01. The molecule has 24 heavy (non-hydrogen) atoms. The van der Waals surface area contributed by atoms with E-state index in [2.05, 4.69) is 4.99 Å². The molecular formula is C16H25N5O3. The Morgan fingerprint density at radius 2 is 1.88 bits per heavy atom. The van der Waals surface area contributed by atoms with Crippen LogP contribution in [0.25, 0.3) is 0 Å². The van der Waals surface area contributed by atoms with Crippen LogP contribution in [0.4, 0.5) is 0 Å². The molecule has 0 aliphatic heterocycles. The van der Waals surface area contributed by atoms with Gasteiger partial charge in [-0.2, -0.15) is 0 Å². The lowest BCUT2D eigenvalue weighted by atomic mass is 10.1. The molecule has 0 saturated carbocycles. The van der Waals surface area contributed by atoms with E-state index < -0.39 is 12.0 Å². The van der Waals surface area contributed by atoms with Crippen LogP contribution in [0.15, 0.2) is 35.3 Å². The number of rotatable bonds is 10. The fourth-order valence-electron chi connectivity index (χ4n) is 2.22. The number of carboxylic acids is 1. The highest BCUT2D eigenvalue weighted by molar-refractivity contribution is 5.85. The number of carboxylic acid groups (broad SMARTS) is 1. The third kappa shape index (κ3) is 7.59. The fraction of sp³-hybridized carbons (Fsp3) is 0.438. The molecule has 0 spiro atoms. The molecule has 1 rings (SSSR count). The average molecular weight is 335 g/mol. The van der Waals surface area contributed by atoms with Gasteiger partial charge >= 0.3 is 5.97 Å². The molecule has 0 bridgehead atoms. The Kier molecular flexibility index (Phi) is 8.28. The number of aliphatic carboxylic acids is 1. The van der Waals surface area contributed by atoms with Crippen molar-refractivity contribution in [1.29, 1.82) is 0 Å². The third-order valence-corrected chi connectivity index (χ3v) is 3.44. The maximum Gasteiger partial charge on any atom is 0.323 e. The molecule has 0 radical (unpaired) electrons. The standard InChI is InChI=1S/C16H25N5O3/c17-13(7-4-9-20-16(18)19)15(24)21(11-14(22)23)10-8-12-5-2-1-3-6-12/h1-3,5-6,13H,4,7-11,17H2,(H,22,23)(H4,18,19,20)/t13-/m0/s1. The molecule has 8 heteroatoms. The van der Waals surface area contributed by atoms with Gasteiger partial charge in [0.15, 0.2) is 5.96 Å². The number of nitrogens with two attached hydrogens (primary N) is 3. The van der Waals surface area contributed by atoms with Crippen molar-refractivity contribution in [3.05, 3.63) is 35.9 Å². The molecule has 1 aromatic carbocycles. The van der Waals surface area contributed by atoms with E-state index in [0.29, 0.717) is 32.4 Å². The van der Waals surface area contributed by atoms with E-state index in [1.807, 2.05) is 30.3 Å². The number of carbonyl (C=O) groups is 2. The zero-order valence-electron chi connectivity index (χ0n) is 13.6. The predicted molar refractivity (Wildman–Crippen MR) is 92.2 cm³/mol. The van der Waals surface area contributed by atoms with Gasteiger partial charge in [-0.25, -0.2) is 0 Å². The van der Waals surface area contributed by atoms with Gasteiger partial charge in [0.1, 0.15) is 6.54 Å². The SMILES string of the molecule is NC(N)=NCCC[C@H](N)C(=O)N(CCc1ccccc1)CC(=O)O. The van der Waals surface area contributed by atoms with Crippen LogP contribution in [0.2, 0.25) is 0 Å². The summed E-state index contributed by atoms with van der Waals surface area (Å²) < 4.78 is 0. The van der Waals surface area contributed by atoms with Crippen LogP contribution in [0, 0.1) is 0 Å². The first-order valence-electron chi connectivity index (χ1n) is 7.75. The first-order chi connectivity index (χ1) is 11.4. The smallest absolute Gasteiger partial charge is 0.323 e. The first-order valence-corrected chi connectivity index (χ1v) is 7.75. The van der Waals surface area contributed by atoms with Crippen LogP contribution in [0.3, 0.4) is 0 Å². The maximum absolute atomic E-state index is 12.4. The molecule has 1 atom stereocenters. The fourth-order valence-corrected chi connectivity index (χ4v) is 2.22. The minimum atomic E-state index is -1.07. The second-order valence-corrected chi connectivity index (χ2v) is 5.44. The van der Waals surface area contributed by atoms with Crippen molar-refractivity contribution in [2.45, 2.75) is 25.3 Å². The Balaban J connectivity index is 2.56. The number of guanidine groups is 1. The van der Waals surface area contributed by atoms with Gasteiger partial charge in [-0.1, -0.05) is 30.3 Å². The lowest BCUT2D eigenvalue weighted by Crippen LogP contribution is -2.46. The second kappa shape index (κ2) is 10.2. The molecule has 8 nitrogen and oxygen atoms in total. The summed E-state index contributed by atoms with van der Waals surface area (Å²) in [7, 11) is 0. The molecule has 0 heterocycles. The number of aliphatic imine (C=N–C) groups is 1. The highest BCUT2D eigenvalue weighted by atomic mass is 16.4. The summed E-state index contributed by atoms with van der Waals surface area (Å²) in [5.74, 6) is -1.45. The van der Waals surface area contributed by atoms with Gasteiger partial charge in [0.2, 0.25) is 5.91 Å². The summed E-state index contributed by atoms with van der Waals surface area (Å²) in [4.78, 5) is 28.5. The number of nitrogens with zero attached hydrogens (tertiary/aromatic N) is 2. The van der Waals surface area contributed by atoms with Gasteiger partial charge in [0.25, 0.3) is 0 Å². The zero-order chi connectivity index (χ0) is 17.9. The molecule has 0 unspecified atom stereocenters. The van der Waals surface area contributed by atoms with Crippen LogP contribution in [-0.2, 0) is 16.0 Å². The average Bonchev–Trinajstić information content (AvgIpc) is 2.55. The minimum Gasteiger partial charge on any atom is -0.480 e. The van der Waals surface area contributed by atoms with Gasteiger partial charge in [-0.05, 0) is 24.8 Å². The lowest BCUT2D eigenvalue weighted by Gasteiger charge is -2.24.